The number of benzene rings is 1. The summed E-state index contributed by atoms with van der Waals surface area (Å²) in [6.07, 6.45) is 0. The third-order valence-electron chi connectivity index (χ3n) is 2.46. The van der Waals surface area contributed by atoms with E-state index in [-0.39, 0.29) is 5.69 Å². The first-order valence-electron chi connectivity index (χ1n) is 5.78. The van der Waals surface area contributed by atoms with Crippen LogP contribution in [0.3, 0.4) is 0 Å². The lowest BCUT2D eigenvalue weighted by molar-refractivity contribution is -0.385. The van der Waals surface area contributed by atoms with Gasteiger partial charge in [-0.05, 0) is 24.8 Å². The normalized spacial score (nSPS) is 12.4. The van der Waals surface area contributed by atoms with E-state index in [2.05, 4.69) is 19.2 Å². The third kappa shape index (κ3) is 4.84. The molecular formula is C12H17ClN2O2S. The molecule has 1 atom stereocenters. The first kappa shape index (κ1) is 15.3. The summed E-state index contributed by atoms with van der Waals surface area (Å²) in [5, 5.41) is 14.6. The van der Waals surface area contributed by atoms with Crippen molar-refractivity contribution in [2.24, 2.45) is 0 Å². The highest BCUT2D eigenvalue weighted by Gasteiger charge is 2.14. The van der Waals surface area contributed by atoms with E-state index in [1.165, 1.54) is 6.07 Å². The molecule has 0 heterocycles. The molecule has 1 unspecified atom stereocenters. The van der Waals surface area contributed by atoms with E-state index in [1.807, 2.05) is 11.8 Å². The van der Waals surface area contributed by atoms with Crippen molar-refractivity contribution in [2.75, 3.05) is 11.5 Å². The van der Waals surface area contributed by atoms with E-state index in [1.54, 1.807) is 12.1 Å². The Kier molecular flexibility index (Phi) is 6.46. The number of thioether (sulfide) groups is 1. The fraction of sp³-hybridized carbons (Fsp3) is 0.500. The number of nitro groups is 1. The van der Waals surface area contributed by atoms with Crippen LogP contribution < -0.4 is 5.32 Å². The number of nitrogens with one attached hydrogen (secondary N) is 1. The van der Waals surface area contributed by atoms with E-state index in [4.69, 9.17) is 11.6 Å². The van der Waals surface area contributed by atoms with Crippen molar-refractivity contribution in [3.8, 4) is 0 Å². The van der Waals surface area contributed by atoms with Crippen LogP contribution in [-0.2, 0) is 6.54 Å². The van der Waals surface area contributed by atoms with Gasteiger partial charge in [0.15, 0.2) is 0 Å². The number of hydrogen-bond donors (Lipinski definition) is 1. The van der Waals surface area contributed by atoms with Gasteiger partial charge in [0.2, 0.25) is 0 Å². The fourth-order valence-corrected chi connectivity index (χ4v) is 2.37. The standard InChI is InChI=1S/C12H17ClN2O2S/c1-3-18-8-9(2)14-7-10-4-5-11(13)6-12(10)15(16)17/h4-6,9,14H,3,7-8H2,1-2H3. The molecule has 1 aromatic rings. The van der Waals surface area contributed by atoms with Crippen LogP contribution >= 0.6 is 23.4 Å². The van der Waals surface area contributed by atoms with Crippen molar-refractivity contribution in [2.45, 2.75) is 26.4 Å². The molecule has 1 N–H and O–H groups in total. The smallest absolute Gasteiger partial charge is 0.275 e. The second kappa shape index (κ2) is 7.61. The zero-order chi connectivity index (χ0) is 13.5. The van der Waals surface area contributed by atoms with Gasteiger partial charge in [0.05, 0.1) is 4.92 Å². The Morgan fingerprint density at radius 3 is 2.89 bits per heavy atom. The van der Waals surface area contributed by atoms with Crippen LogP contribution in [0.5, 0.6) is 0 Å². The quantitative estimate of drug-likeness (QED) is 0.616. The average Bonchev–Trinajstić information content (AvgIpc) is 2.34. The summed E-state index contributed by atoms with van der Waals surface area (Å²) in [6, 6.07) is 5.10. The van der Waals surface area contributed by atoms with Gasteiger partial charge in [0.25, 0.3) is 5.69 Å². The maximum Gasteiger partial charge on any atom is 0.275 e. The average molecular weight is 289 g/mol. The molecule has 1 aromatic carbocycles. The molecule has 0 aliphatic rings. The Labute approximate surface area is 116 Å². The number of nitro benzene ring substituents is 1. The molecule has 0 saturated carbocycles. The zero-order valence-corrected chi connectivity index (χ0v) is 12.1. The van der Waals surface area contributed by atoms with Gasteiger partial charge >= 0.3 is 0 Å². The van der Waals surface area contributed by atoms with Crippen LogP contribution in [0, 0.1) is 10.1 Å². The van der Waals surface area contributed by atoms with Crippen molar-refractivity contribution in [1.82, 2.24) is 5.32 Å². The fourth-order valence-electron chi connectivity index (χ4n) is 1.49. The van der Waals surface area contributed by atoms with Gasteiger partial charge in [-0.3, -0.25) is 10.1 Å². The molecule has 0 aliphatic heterocycles. The molecule has 0 aliphatic carbocycles. The van der Waals surface area contributed by atoms with E-state index >= 15 is 0 Å². The van der Waals surface area contributed by atoms with Gasteiger partial charge in [0.1, 0.15) is 0 Å². The lowest BCUT2D eigenvalue weighted by Gasteiger charge is -2.13. The second-order valence-electron chi connectivity index (χ2n) is 3.97. The minimum atomic E-state index is -0.394. The van der Waals surface area contributed by atoms with Gasteiger partial charge in [-0.1, -0.05) is 18.5 Å². The Morgan fingerprint density at radius 2 is 2.28 bits per heavy atom. The largest absolute Gasteiger partial charge is 0.309 e. The van der Waals surface area contributed by atoms with Crippen LogP contribution in [0.1, 0.15) is 19.4 Å². The minimum Gasteiger partial charge on any atom is -0.309 e. The summed E-state index contributed by atoms with van der Waals surface area (Å²) in [7, 11) is 0. The molecule has 0 fully saturated rings. The number of rotatable bonds is 7. The van der Waals surface area contributed by atoms with Crippen molar-refractivity contribution in [1.29, 1.82) is 0 Å². The predicted octanol–water partition coefficient (Wildman–Crippen LogP) is 3.48. The maximum atomic E-state index is 10.9. The molecule has 0 spiro atoms. The number of hydrogen-bond acceptors (Lipinski definition) is 4. The summed E-state index contributed by atoms with van der Waals surface area (Å²) in [6.45, 7) is 4.67. The van der Waals surface area contributed by atoms with Gasteiger partial charge in [-0.2, -0.15) is 11.8 Å². The summed E-state index contributed by atoms with van der Waals surface area (Å²) in [5.41, 5.74) is 0.739. The molecule has 18 heavy (non-hydrogen) atoms. The molecule has 100 valence electrons. The summed E-state index contributed by atoms with van der Waals surface area (Å²) in [5.74, 6) is 2.07. The lowest BCUT2D eigenvalue weighted by atomic mass is 10.1. The van der Waals surface area contributed by atoms with E-state index in [0.29, 0.717) is 23.2 Å². The summed E-state index contributed by atoms with van der Waals surface area (Å²) >= 11 is 7.61. The minimum absolute atomic E-state index is 0.0744. The molecule has 0 radical (unpaired) electrons. The van der Waals surface area contributed by atoms with E-state index < -0.39 is 4.92 Å². The third-order valence-corrected chi connectivity index (χ3v) is 3.84. The first-order chi connectivity index (χ1) is 8.54. The van der Waals surface area contributed by atoms with Crippen molar-refractivity contribution in [3.05, 3.63) is 38.9 Å². The Hall–Kier alpha value is -0.780. The molecular weight excluding hydrogens is 272 g/mol. The second-order valence-corrected chi connectivity index (χ2v) is 5.73. The van der Waals surface area contributed by atoms with Gasteiger partial charge in [-0.15, -0.1) is 0 Å². The summed E-state index contributed by atoms with van der Waals surface area (Å²) < 4.78 is 0. The van der Waals surface area contributed by atoms with Crippen LogP contribution in [-0.4, -0.2) is 22.5 Å². The van der Waals surface area contributed by atoms with Crippen LogP contribution in [0.25, 0.3) is 0 Å². The highest BCUT2D eigenvalue weighted by atomic mass is 35.5. The molecule has 0 bridgehead atoms. The van der Waals surface area contributed by atoms with Gasteiger partial charge in [-0.25, -0.2) is 0 Å². The van der Waals surface area contributed by atoms with Crippen LogP contribution in [0.2, 0.25) is 5.02 Å². The monoisotopic (exact) mass is 288 g/mol. The van der Waals surface area contributed by atoms with Gasteiger partial charge in [0, 0.05) is 35.0 Å². The topological polar surface area (TPSA) is 55.2 Å². The molecule has 1 rings (SSSR count). The Balaban J connectivity index is 2.64. The Bertz CT molecular complexity index is 415. The molecule has 0 saturated heterocycles. The lowest BCUT2D eigenvalue weighted by Crippen LogP contribution is -2.28. The van der Waals surface area contributed by atoms with E-state index in [9.17, 15) is 10.1 Å². The number of nitrogens with zero attached hydrogens (tertiary/aromatic N) is 1. The van der Waals surface area contributed by atoms with Crippen molar-refractivity contribution < 1.29 is 4.92 Å². The molecule has 4 nitrogen and oxygen atoms in total. The highest BCUT2D eigenvalue weighted by Crippen LogP contribution is 2.23. The molecule has 0 aromatic heterocycles. The predicted molar refractivity (Wildman–Crippen MR) is 77.4 cm³/mol. The Morgan fingerprint density at radius 1 is 1.56 bits per heavy atom. The maximum absolute atomic E-state index is 10.9. The van der Waals surface area contributed by atoms with Crippen LogP contribution in [0.15, 0.2) is 18.2 Å². The van der Waals surface area contributed by atoms with E-state index in [0.717, 1.165) is 11.5 Å². The first-order valence-corrected chi connectivity index (χ1v) is 7.31. The van der Waals surface area contributed by atoms with Crippen molar-refractivity contribution >= 4 is 29.1 Å². The van der Waals surface area contributed by atoms with Crippen LogP contribution in [0.4, 0.5) is 5.69 Å². The zero-order valence-electron chi connectivity index (χ0n) is 10.5. The summed E-state index contributed by atoms with van der Waals surface area (Å²) in [4.78, 5) is 10.5. The molecule has 0 amide bonds. The van der Waals surface area contributed by atoms with Crippen molar-refractivity contribution in [3.63, 3.8) is 0 Å². The SMILES string of the molecule is CCSCC(C)NCc1ccc(Cl)cc1[N+](=O)[O-]. The molecule has 6 heteroatoms. The number of halogens is 1. The highest BCUT2D eigenvalue weighted by molar-refractivity contribution is 7.99. The van der Waals surface area contributed by atoms with Gasteiger partial charge < -0.3 is 5.32 Å².